The number of halogens is 1. The van der Waals surface area contributed by atoms with Crippen molar-refractivity contribution in [3.05, 3.63) is 59.9 Å². The first-order valence-electron chi connectivity index (χ1n) is 7.48. The third-order valence-electron chi connectivity index (χ3n) is 4.25. The molecular weight excluding hydrogens is 297 g/mol. The molecule has 1 fully saturated rings. The number of amides is 1. The molecule has 0 bridgehead atoms. The van der Waals surface area contributed by atoms with Crippen molar-refractivity contribution >= 4 is 5.91 Å². The van der Waals surface area contributed by atoms with Crippen molar-refractivity contribution in [3.63, 3.8) is 0 Å². The van der Waals surface area contributed by atoms with Crippen molar-refractivity contribution in [3.8, 4) is 0 Å². The second kappa shape index (κ2) is 6.83. The molecule has 0 saturated carbocycles. The van der Waals surface area contributed by atoms with Gasteiger partial charge in [0.25, 0.3) is 5.91 Å². The SMILES string of the molecule is COC[C@@H]1CN(C(=O)c2ccncc2F)C[C@H]1c1ccncc1. The van der Waals surface area contributed by atoms with Crippen LogP contribution in [0.4, 0.5) is 4.39 Å². The van der Waals surface area contributed by atoms with Crippen molar-refractivity contribution in [2.45, 2.75) is 5.92 Å². The standard InChI is InChI=1S/C17H18FN3O2/c1-23-11-13-9-21(10-15(13)12-2-5-19-6-3-12)17(22)14-4-7-20-8-16(14)18/h2-8,13,15H,9-11H2,1H3/t13-,15-/m0/s1. The van der Waals surface area contributed by atoms with E-state index in [9.17, 15) is 9.18 Å². The van der Waals surface area contributed by atoms with E-state index in [2.05, 4.69) is 9.97 Å². The molecule has 1 aliphatic rings. The fraction of sp³-hybridized carbons (Fsp3) is 0.353. The fourth-order valence-corrected chi connectivity index (χ4v) is 3.13. The quantitative estimate of drug-likeness (QED) is 0.867. The van der Waals surface area contributed by atoms with Gasteiger partial charge in [0.15, 0.2) is 5.82 Å². The van der Waals surface area contributed by atoms with E-state index in [1.165, 1.54) is 12.3 Å². The largest absolute Gasteiger partial charge is 0.384 e. The van der Waals surface area contributed by atoms with Crippen LogP contribution in [0, 0.1) is 11.7 Å². The number of rotatable bonds is 4. The predicted octanol–water partition coefficient (Wildman–Crippen LogP) is 2.12. The lowest BCUT2D eigenvalue weighted by Gasteiger charge is -2.17. The third-order valence-corrected chi connectivity index (χ3v) is 4.25. The Labute approximate surface area is 134 Å². The van der Waals surface area contributed by atoms with Crippen LogP contribution in [0.1, 0.15) is 21.8 Å². The molecule has 23 heavy (non-hydrogen) atoms. The van der Waals surface area contributed by atoms with Gasteiger partial charge < -0.3 is 9.64 Å². The number of ether oxygens (including phenoxy) is 1. The van der Waals surface area contributed by atoms with E-state index in [-0.39, 0.29) is 23.3 Å². The topological polar surface area (TPSA) is 55.3 Å². The van der Waals surface area contributed by atoms with Gasteiger partial charge in [0.1, 0.15) is 0 Å². The summed E-state index contributed by atoms with van der Waals surface area (Å²) in [6.07, 6.45) is 5.98. The van der Waals surface area contributed by atoms with Gasteiger partial charge in [0, 0.05) is 50.6 Å². The Kier molecular flexibility index (Phi) is 4.62. The van der Waals surface area contributed by atoms with E-state index in [1.807, 2.05) is 12.1 Å². The normalized spacial score (nSPS) is 20.7. The lowest BCUT2D eigenvalue weighted by molar-refractivity contribution is 0.0770. The van der Waals surface area contributed by atoms with Gasteiger partial charge in [0.2, 0.25) is 0 Å². The van der Waals surface area contributed by atoms with Crippen LogP contribution < -0.4 is 0 Å². The van der Waals surface area contributed by atoms with E-state index in [4.69, 9.17) is 4.74 Å². The molecule has 1 amide bonds. The summed E-state index contributed by atoms with van der Waals surface area (Å²) in [6.45, 7) is 1.63. The minimum atomic E-state index is -0.590. The summed E-state index contributed by atoms with van der Waals surface area (Å²) in [5.74, 6) is -0.557. The van der Waals surface area contributed by atoms with Crippen LogP contribution in [-0.2, 0) is 4.74 Å². The summed E-state index contributed by atoms with van der Waals surface area (Å²) >= 11 is 0. The Bertz CT molecular complexity index is 681. The molecule has 0 N–H and O–H groups in total. The highest BCUT2D eigenvalue weighted by Crippen LogP contribution is 2.33. The number of carbonyl (C=O) groups is 1. The van der Waals surface area contributed by atoms with Crippen LogP contribution in [0.5, 0.6) is 0 Å². The maximum atomic E-state index is 13.8. The predicted molar refractivity (Wildman–Crippen MR) is 82.4 cm³/mol. The monoisotopic (exact) mass is 315 g/mol. The Morgan fingerprint density at radius 2 is 2.00 bits per heavy atom. The molecule has 1 aliphatic heterocycles. The van der Waals surface area contributed by atoms with E-state index in [0.717, 1.165) is 11.8 Å². The molecule has 0 unspecified atom stereocenters. The van der Waals surface area contributed by atoms with Crippen molar-refractivity contribution in [1.29, 1.82) is 0 Å². The summed E-state index contributed by atoms with van der Waals surface area (Å²) in [7, 11) is 1.65. The number of methoxy groups -OCH3 is 1. The first kappa shape index (κ1) is 15.6. The molecule has 120 valence electrons. The number of pyridine rings is 2. The van der Waals surface area contributed by atoms with Gasteiger partial charge in [-0.3, -0.25) is 14.8 Å². The minimum absolute atomic E-state index is 0.0616. The third kappa shape index (κ3) is 3.22. The average Bonchev–Trinajstić information content (AvgIpc) is 3.00. The first-order valence-corrected chi connectivity index (χ1v) is 7.48. The highest BCUT2D eigenvalue weighted by atomic mass is 19.1. The van der Waals surface area contributed by atoms with E-state index < -0.39 is 5.82 Å². The Hall–Kier alpha value is -2.34. The molecule has 0 aromatic carbocycles. The zero-order valence-electron chi connectivity index (χ0n) is 12.9. The lowest BCUT2D eigenvalue weighted by Crippen LogP contribution is -2.30. The fourth-order valence-electron chi connectivity index (χ4n) is 3.13. The molecule has 3 heterocycles. The smallest absolute Gasteiger partial charge is 0.256 e. The van der Waals surface area contributed by atoms with Gasteiger partial charge in [-0.25, -0.2) is 4.39 Å². The molecule has 0 spiro atoms. The average molecular weight is 315 g/mol. The molecule has 3 rings (SSSR count). The maximum Gasteiger partial charge on any atom is 0.256 e. The summed E-state index contributed by atoms with van der Waals surface area (Å²) in [6, 6.07) is 5.32. The highest BCUT2D eigenvalue weighted by Gasteiger charge is 2.37. The number of nitrogens with zero attached hydrogens (tertiary/aromatic N) is 3. The molecule has 0 radical (unpaired) electrons. The first-order chi connectivity index (χ1) is 11.2. The molecule has 1 saturated heterocycles. The Morgan fingerprint density at radius 3 is 2.70 bits per heavy atom. The highest BCUT2D eigenvalue weighted by molar-refractivity contribution is 5.94. The van der Waals surface area contributed by atoms with Gasteiger partial charge in [-0.05, 0) is 23.8 Å². The van der Waals surface area contributed by atoms with Crippen molar-refractivity contribution in [1.82, 2.24) is 14.9 Å². The molecule has 0 aliphatic carbocycles. The van der Waals surface area contributed by atoms with Gasteiger partial charge in [-0.2, -0.15) is 0 Å². The zero-order chi connectivity index (χ0) is 16.2. The van der Waals surface area contributed by atoms with E-state index in [1.54, 1.807) is 24.4 Å². The summed E-state index contributed by atoms with van der Waals surface area (Å²) in [5.41, 5.74) is 1.18. The Morgan fingerprint density at radius 1 is 1.26 bits per heavy atom. The second-order valence-electron chi connectivity index (χ2n) is 5.67. The molecule has 2 aromatic heterocycles. The number of carbonyl (C=O) groups excluding carboxylic acids is 1. The molecule has 2 aromatic rings. The van der Waals surface area contributed by atoms with Crippen molar-refractivity contribution < 1.29 is 13.9 Å². The van der Waals surface area contributed by atoms with Gasteiger partial charge >= 0.3 is 0 Å². The summed E-state index contributed by atoms with van der Waals surface area (Å²) in [5, 5.41) is 0. The van der Waals surface area contributed by atoms with Crippen LogP contribution in [-0.4, -0.2) is 47.6 Å². The number of aromatic nitrogens is 2. The molecule has 6 heteroatoms. The van der Waals surface area contributed by atoms with Crippen LogP contribution >= 0.6 is 0 Å². The number of likely N-dealkylation sites (tertiary alicyclic amines) is 1. The summed E-state index contributed by atoms with van der Waals surface area (Å²) < 4.78 is 19.1. The number of hydrogen-bond acceptors (Lipinski definition) is 4. The minimum Gasteiger partial charge on any atom is -0.384 e. The number of hydrogen-bond donors (Lipinski definition) is 0. The zero-order valence-corrected chi connectivity index (χ0v) is 12.9. The molecular formula is C17H18FN3O2. The summed E-state index contributed by atoms with van der Waals surface area (Å²) in [4.78, 5) is 22.0. The molecule has 2 atom stereocenters. The van der Waals surface area contributed by atoms with Gasteiger partial charge in [-0.1, -0.05) is 0 Å². The maximum absolute atomic E-state index is 13.8. The van der Waals surface area contributed by atoms with Crippen LogP contribution in [0.2, 0.25) is 0 Å². The van der Waals surface area contributed by atoms with E-state index >= 15 is 0 Å². The van der Waals surface area contributed by atoms with Crippen molar-refractivity contribution in [2.75, 3.05) is 26.8 Å². The lowest BCUT2D eigenvalue weighted by atomic mass is 9.90. The van der Waals surface area contributed by atoms with Crippen LogP contribution in [0.15, 0.2) is 43.0 Å². The second-order valence-corrected chi connectivity index (χ2v) is 5.67. The van der Waals surface area contributed by atoms with Crippen LogP contribution in [0.3, 0.4) is 0 Å². The van der Waals surface area contributed by atoms with Gasteiger partial charge in [-0.15, -0.1) is 0 Å². The van der Waals surface area contributed by atoms with E-state index in [0.29, 0.717) is 19.7 Å². The van der Waals surface area contributed by atoms with Crippen LogP contribution in [0.25, 0.3) is 0 Å². The molecule has 5 nitrogen and oxygen atoms in total. The Balaban J connectivity index is 1.83. The van der Waals surface area contributed by atoms with Gasteiger partial charge in [0.05, 0.1) is 18.4 Å². The van der Waals surface area contributed by atoms with Crippen molar-refractivity contribution in [2.24, 2.45) is 5.92 Å².